The van der Waals surface area contributed by atoms with Crippen LogP contribution in [-0.2, 0) is 4.74 Å². The number of allylic oxidation sites excluding steroid dienone is 1. The smallest absolute Gasteiger partial charge is 0.0991 e. The SMILES string of the molecule is CCCCCCCC=CC1CO1. The molecule has 0 bridgehead atoms. The molecule has 0 spiro atoms. The highest BCUT2D eigenvalue weighted by Crippen LogP contribution is 2.11. The van der Waals surface area contributed by atoms with Crippen molar-refractivity contribution in [3.8, 4) is 0 Å². The first kappa shape index (κ1) is 9.79. The molecule has 1 unspecified atom stereocenters. The van der Waals surface area contributed by atoms with Crippen LogP contribution >= 0.6 is 0 Å². The Hall–Kier alpha value is -0.300. The zero-order chi connectivity index (χ0) is 8.65. The Morgan fingerprint density at radius 1 is 1.25 bits per heavy atom. The van der Waals surface area contributed by atoms with Crippen molar-refractivity contribution in [3.63, 3.8) is 0 Å². The molecule has 0 aliphatic carbocycles. The Morgan fingerprint density at radius 2 is 2.00 bits per heavy atom. The Balaban J connectivity index is 1.75. The van der Waals surface area contributed by atoms with Gasteiger partial charge in [0.1, 0.15) is 0 Å². The summed E-state index contributed by atoms with van der Waals surface area (Å²) in [6, 6.07) is 0. The highest BCUT2D eigenvalue weighted by molar-refractivity contribution is 4.95. The minimum atomic E-state index is 0.473. The summed E-state index contributed by atoms with van der Waals surface area (Å²) in [6.07, 6.45) is 13.1. The highest BCUT2D eigenvalue weighted by Gasteiger charge is 2.17. The van der Waals surface area contributed by atoms with E-state index in [1.807, 2.05) is 0 Å². The van der Waals surface area contributed by atoms with Gasteiger partial charge in [-0.3, -0.25) is 0 Å². The van der Waals surface area contributed by atoms with E-state index < -0.39 is 0 Å². The van der Waals surface area contributed by atoms with Crippen LogP contribution in [0, 0.1) is 0 Å². The van der Waals surface area contributed by atoms with E-state index in [1.165, 1.54) is 38.5 Å². The quantitative estimate of drug-likeness (QED) is 0.323. The largest absolute Gasteiger partial charge is 0.369 e. The summed E-state index contributed by atoms with van der Waals surface area (Å²) >= 11 is 0. The van der Waals surface area contributed by atoms with Gasteiger partial charge in [-0.05, 0) is 12.8 Å². The van der Waals surface area contributed by atoms with Crippen molar-refractivity contribution in [3.05, 3.63) is 12.2 Å². The zero-order valence-electron chi connectivity index (χ0n) is 8.09. The van der Waals surface area contributed by atoms with Crippen LogP contribution in [0.2, 0.25) is 0 Å². The van der Waals surface area contributed by atoms with Crippen molar-refractivity contribution in [2.75, 3.05) is 6.61 Å². The summed E-state index contributed by atoms with van der Waals surface area (Å²) in [6.45, 7) is 3.21. The zero-order valence-corrected chi connectivity index (χ0v) is 8.09. The minimum absolute atomic E-state index is 0.473. The van der Waals surface area contributed by atoms with E-state index in [4.69, 9.17) is 4.74 Å². The third-order valence-corrected chi connectivity index (χ3v) is 2.18. The van der Waals surface area contributed by atoms with Gasteiger partial charge in [-0.15, -0.1) is 0 Å². The molecule has 1 saturated heterocycles. The van der Waals surface area contributed by atoms with Crippen LogP contribution in [0.3, 0.4) is 0 Å². The average Bonchev–Trinajstić information content (AvgIpc) is 2.87. The summed E-state index contributed by atoms with van der Waals surface area (Å²) in [5.41, 5.74) is 0. The van der Waals surface area contributed by atoms with Crippen molar-refractivity contribution in [1.82, 2.24) is 0 Å². The van der Waals surface area contributed by atoms with Gasteiger partial charge in [0.05, 0.1) is 12.7 Å². The number of hydrogen-bond acceptors (Lipinski definition) is 1. The van der Waals surface area contributed by atoms with E-state index in [0.717, 1.165) is 6.61 Å². The molecule has 0 amide bonds. The van der Waals surface area contributed by atoms with Crippen molar-refractivity contribution in [1.29, 1.82) is 0 Å². The number of hydrogen-bond donors (Lipinski definition) is 0. The van der Waals surface area contributed by atoms with Crippen LogP contribution in [-0.4, -0.2) is 12.7 Å². The lowest BCUT2D eigenvalue weighted by molar-refractivity contribution is 0.439. The fraction of sp³-hybridized carbons (Fsp3) is 0.818. The Kier molecular flexibility index (Phi) is 5.09. The molecule has 1 aliphatic rings. The van der Waals surface area contributed by atoms with E-state index in [2.05, 4.69) is 19.1 Å². The molecule has 1 rings (SSSR count). The summed E-state index contributed by atoms with van der Waals surface area (Å²) in [7, 11) is 0. The van der Waals surface area contributed by atoms with Crippen molar-refractivity contribution in [2.45, 2.75) is 51.6 Å². The molecular formula is C11H20O. The molecule has 1 aliphatic heterocycles. The van der Waals surface area contributed by atoms with Crippen LogP contribution in [0.1, 0.15) is 45.4 Å². The maximum atomic E-state index is 5.07. The van der Waals surface area contributed by atoms with Crippen LogP contribution in [0.15, 0.2) is 12.2 Å². The number of epoxide rings is 1. The number of rotatable bonds is 7. The molecule has 1 fully saturated rings. The van der Waals surface area contributed by atoms with Gasteiger partial charge in [-0.2, -0.15) is 0 Å². The fourth-order valence-corrected chi connectivity index (χ4v) is 1.28. The van der Waals surface area contributed by atoms with Crippen LogP contribution < -0.4 is 0 Å². The van der Waals surface area contributed by atoms with Gasteiger partial charge >= 0.3 is 0 Å². The van der Waals surface area contributed by atoms with Gasteiger partial charge in [0.2, 0.25) is 0 Å². The van der Waals surface area contributed by atoms with E-state index in [-0.39, 0.29) is 0 Å². The van der Waals surface area contributed by atoms with Gasteiger partial charge in [-0.25, -0.2) is 0 Å². The monoisotopic (exact) mass is 168 g/mol. The lowest BCUT2D eigenvalue weighted by atomic mass is 10.1. The van der Waals surface area contributed by atoms with E-state index in [0.29, 0.717) is 6.10 Å². The second-order valence-electron chi connectivity index (χ2n) is 3.50. The van der Waals surface area contributed by atoms with E-state index >= 15 is 0 Å². The summed E-state index contributed by atoms with van der Waals surface area (Å²) in [5, 5.41) is 0. The maximum Gasteiger partial charge on any atom is 0.0991 e. The molecule has 0 aromatic carbocycles. The molecule has 1 atom stereocenters. The fourth-order valence-electron chi connectivity index (χ4n) is 1.28. The Labute approximate surface area is 75.8 Å². The maximum absolute atomic E-state index is 5.07. The van der Waals surface area contributed by atoms with Crippen molar-refractivity contribution >= 4 is 0 Å². The normalized spacial score (nSPS) is 21.9. The van der Waals surface area contributed by atoms with Gasteiger partial charge in [0.15, 0.2) is 0 Å². The molecule has 70 valence electrons. The third-order valence-electron chi connectivity index (χ3n) is 2.18. The van der Waals surface area contributed by atoms with Gasteiger partial charge < -0.3 is 4.74 Å². The lowest BCUT2D eigenvalue weighted by Crippen LogP contribution is -1.77. The van der Waals surface area contributed by atoms with E-state index in [1.54, 1.807) is 0 Å². The first-order valence-electron chi connectivity index (χ1n) is 5.21. The third kappa shape index (κ3) is 5.36. The molecule has 0 radical (unpaired) electrons. The first-order chi connectivity index (χ1) is 5.93. The molecule has 0 aromatic rings. The van der Waals surface area contributed by atoms with Crippen LogP contribution in [0.5, 0.6) is 0 Å². The molecule has 0 saturated carbocycles. The predicted molar refractivity (Wildman–Crippen MR) is 52.3 cm³/mol. The Morgan fingerprint density at radius 3 is 2.67 bits per heavy atom. The van der Waals surface area contributed by atoms with Crippen molar-refractivity contribution in [2.24, 2.45) is 0 Å². The molecule has 1 heteroatoms. The number of unbranched alkanes of at least 4 members (excludes halogenated alkanes) is 5. The van der Waals surface area contributed by atoms with Gasteiger partial charge in [-0.1, -0.05) is 44.8 Å². The molecule has 1 nitrogen and oxygen atoms in total. The molecule has 0 N–H and O–H groups in total. The Bertz CT molecular complexity index is 125. The second-order valence-corrected chi connectivity index (χ2v) is 3.50. The first-order valence-corrected chi connectivity index (χ1v) is 5.21. The van der Waals surface area contributed by atoms with Crippen LogP contribution in [0.25, 0.3) is 0 Å². The minimum Gasteiger partial charge on any atom is -0.369 e. The summed E-state index contributed by atoms with van der Waals surface area (Å²) in [5.74, 6) is 0. The average molecular weight is 168 g/mol. The molecule has 0 aromatic heterocycles. The van der Waals surface area contributed by atoms with E-state index in [9.17, 15) is 0 Å². The van der Waals surface area contributed by atoms with Gasteiger partial charge in [0.25, 0.3) is 0 Å². The second kappa shape index (κ2) is 6.24. The standard InChI is InChI=1S/C11H20O/c1-2-3-4-5-6-7-8-9-11-10-12-11/h8-9,11H,2-7,10H2,1H3. The van der Waals surface area contributed by atoms with Gasteiger partial charge in [0, 0.05) is 0 Å². The van der Waals surface area contributed by atoms with Crippen LogP contribution in [0.4, 0.5) is 0 Å². The topological polar surface area (TPSA) is 12.5 Å². The van der Waals surface area contributed by atoms with Crippen molar-refractivity contribution < 1.29 is 4.74 Å². The molecule has 1 heterocycles. The summed E-state index contributed by atoms with van der Waals surface area (Å²) < 4.78 is 5.07. The summed E-state index contributed by atoms with van der Waals surface area (Å²) in [4.78, 5) is 0. The lowest BCUT2D eigenvalue weighted by Gasteiger charge is -1.95. The molecule has 12 heavy (non-hydrogen) atoms. The predicted octanol–water partition coefficient (Wildman–Crippen LogP) is 3.30. The molecular weight excluding hydrogens is 148 g/mol. The highest BCUT2D eigenvalue weighted by atomic mass is 16.6. The number of ether oxygens (including phenoxy) is 1.